The molecule has 0 saturated heterocycles. The highest BCUT2D eigenvalue weighted by atomic mass is 32.2. The quantitative estimate of drug-likeness (QED) is 0.550. The molecule has 0 heterocycles. The second-order valence-corrected chi connectivity index (χ2v) is 6.37. The van der Waals surface area contributed by atoms with Gasteiger partial charge in [-0.05, 0) is 31.9 Å². The number of rotatable bonds is 7. The molecule has 1 saturated carbocycles. The van der Waals surface area contributed by atoms with E-state index >= 15 is 0 Å². The molecule has 5 N–H and O–H groups in total. The van der Waals surface area contributed by atoms with Crippen molar-refractivity contribution < 1.29 is 19.5 Å². The average Bonchev–Trinajstić information content (AvgIpc) is 2.43. The maximum atomic E-state index is 11.9. The minimum absolute atomic E-state index is 0.00378. The summed E-state index contributed by atoms with van der Waals surface area (Å²) in [4.78, 5) is 33.6. The third kappa shape index (κ3) is 6.70. The molecule has 7 nitrogen and oxygen atoms in total. The predicted octanol–water partition coefficient (Wildman–Crippen LogP) is 0.679. The fourth-order valence-corrected chi connectivity index (χ4v) is 3.25. The van der Waals surface area contributed by atoms with Crippen molar-refractivity contribution in [3.05, 3.63) is 0 Å². The van der Waals surface area contributed by atoms with Crippen LogP contribution in [0.1, 0.15) is 38.5 Å². The lowest BCUT2D eigenvalue weighted by Gasteiger charge is -2.29. The number of amides is 3. The zero-order chi connectivity index (χ0) is 15.8. The summed E-state index contributed by atoms with van der Waals surface area (Å²) in [6.07, 6.45) is 5.98. The molecule has 2 unspecified atom stereocenters. The number of nitrogens with one attached hydrogen (secondary N) is 2. The molecule has 0 aliphatic heterocycles. The molecular formula is C13H23N3O4S. The first-order valence-electron chi connectivity index (χ1n) is 7.03. The topological polar surface area (TPSA) is 122 Å². The molecule has 3 amide bonds. The Bertz CT molecular complexity index is 392. The molecule has 1 aliphatic rings. The highest BCUT2D eigenvalue weighted by Crippen LogP contribution is 2.26. The number of carboxylic acids is 1. The molecule has 0 aromatic carbocycles. The van der Waals surface area contributed by atoms with Crippen LogP contribution in [0.15, 0.2) is 0 Å². The lowest BCUT2D eigenvalue weighted by Crippen LogP contribution is -2.50. The molecule has 1 aliphatic carbocycles. The zero-order valence-electron chi connectivity index (χ0n) is 12.1. The molecule has 0 aromatic heterocycles. The molecule has 0 bridgehead atoms. The van der Waals surface area contributed by atoms with E-state index in [1.165, 1.54) is 0 Å². The van der Waals surface area contributed by atoms with Gasteiger partial charge in [0, 0.05) is 17.7 Å². The molecular weight excluding hydrogens is 294 g/mol. The molecule has 21 heavy (non-hydrogen) atoms. The summed E-state index contributed by atoms with van der Waals surface area (Å²) in [5.41, 5.74) is 4.99. The number of carboxylic acid groups (broad SMARTS) is 1. The Morgan fingerprint density at radius 3 is 2.67 bits per heavy atom. The van der Waals surface area contributed by atoms with Crippen LogP contribution in [0.4, 0.5) is 4.79 Å². The third-order valence-electron chi connectivity index (χ3n) is 3.58. The van der Waals surface area contributed by atoms with Crippen molar-refractivity contribution >= 4 is 29.7 Å². The number of hydrogen-bond acceptors (Lipinski definition) is 4. The Kier molecular flexibility index (Phi) is 7.35. The van der Waals surface area contributed by atoms with E-state index < -0.39 is 23.9 Å². The number of carbonyl (C=O) groups is 3. The zero-order valence-corrected chi connectivity index (χ0v) is 12.9. The molecule has 8 heteroatoms. The summed E-state index contributed by atoms with van der Waals surface area (Å²) < 4.78 is 0. The largest absolute Gasteiger partial charge is 0.480 e. The third-order valence-corrected chi connectivity index (χ3v) is 4.67. The van der Waals surface area contributed by atoms with Gasteiger partial charge in [0.15, 0.2) is 0 Å². The smallest absolute Gasteiger partial charge is 0.326 e. The van der Waals surface area contributed by atoms with E-state index in [0.717, 1.165) is 25.7 Å². The minimum Gasteiger partial charge on any atom is -0.480 e. The molecule has 120 valence electrons. The summed E-state index contributed by atoms with van der Waals surface area (Å²) >= 11 is 1.79. The molecule has 1 fully saturated rings. The van der Waals surface area contributed by atoms with Gasteiger partial charge < -0.3 is 21.5 Å². The van der Waals surface area contributed by atoms with Gasteiger partial charge in [-0.25, -0.2) is 9.59 Å². The van der Waals surface area contributed by atoms with Crippen LogP contribution in [0.2, 0.25) is 0 Å². The van der Waals surface area contributed by atoms with E-state index in [-0.39, 0.29) is 18.9 Å². The highest BCUT2D eigenvalue weighted by Gasteiger charge is 2.25. The van der Waals surface area contributed by atoms with Crippen molar-refractivity contribution in [3.63, 3.8) is 0 Å². The lowest BCUT2D eigenvalue weighted by atomic mass is 9.95. The Morgan fingerprint density at radius 2 is 2.10 bits per heavy atom. The fourth-order valence-electron chi connectivity index (χ4n) is 2.42. The van der Waals surface area contributed by atoms with Gasteiger partial charge in [-0.1, -0.05) is 6.42 Å². The van der Waals surface area contributed by atoms with Crippen molar-refractivity contribution in [2.45, 2.75) is 55.9 Å². The Hall–Kier alpha value is -1.44. The summed E-state index contributed by atoms with van der Waals surface area (Å²) in [6.45, 7) is 0. The van der Waals surface area contributed by atoms with Gasteiger partial charge >= 0.3 is 12.0 Å². The Morgan fingerprint density at radius 1 is 1.38 bits per heavy atom. The van der Waals surface area contributed by atoms with Crippen LogP contribution in [-0.4, -0.2) is 46.6 Å². The van der Waals surface area contributed by atoms with Crippen molar-refractivity contribution in [1.29, 1.82) is 0 Å². The van der Waals surface area contributed by atoms with Gasteiger partial charge in [0.25, 0.3) is 0 Å². The van der Waals surface area contributed by atoms with E-state index in [1.807, 2.05) is 0 Å². The molecule has 3 atom stereocenters. The first-order valence-corrected chi connectivity index (χ1v) is 8.32. The van der Waals surface area contributed by atoms with Gasteiger partial charge in [-0.3, -0.25) is 4.79 Å². The van der Waals surface area contributed by atoms with E-state index in [9.17, 15) is 14.4 Å². The normalized spacial score (nSPS) is 23.1. The van der Waals surface area contributed by atoms with Gasteiger partial charge in [0.05, 0.1) is 0 Å². The van der Waals surface area contributed by atoms with E-state index in [4.69, 9.17) is 10.8 Å². The van der Waals surface area contributed by atoms with E-state index in [2.05, 4.69) is 16.9 Å². The van der Waals surface area contributed by atoms with Gasteiger partial charge in [-0.2, -0.15) is 11.8 Å². The number of urea groups is 1. The number of nitrogens with two attached hydrogens (primary N) is 1. The number of thioether (sulfide) groups is 1. The summed E-state index contributed by atoms with van der Waals surface area (Å²) in [5.74, 6) is -1.75. The van der Waals surface area contributed by atoms with Gasteiger partial charge in [-0.15, -0.1) is 0 Å². The number of carbonyl (C=O) groups excluding carboxylic acids is 2. The molecule has 0 spiro atoms. The van der Waals surface area contributed by atoms with Crippen LogP contribution >= 0.6 is 11.8 Å². The standard InChI is InChI=1S/C13H23N3O4S/c1-21-9-4-2-3-8(7-9)15-13(20)16-10(12(18)19)5-6-11(14)17/h8-10H,2-7H2,1H3,(H2,14,17)(H,18,19)(H2,15,16,20)/t8?,9?,10-/m1/s1. The molecule has 1 rings (SSSR count). The first kappa shape index (κ1) is 17.6. The lowest BCUT2D eigenvalue weighted by molar-refractivity contribution is -0.139. The number of primary amides is 1. The van der Waals surface area contributed by atoms with Crippen molar-refractivity contribution in [2.24, 2.45) is 5.73 Å². The number of aliphatic carboxylic acids is 1. The van der Waals surface area contributed by atoms with E-state index in [1.54, 1.807) is 11.8 Å². The summed E-state index contributed by atoms with van der Waals surface area (Å²) in [7, 11) is 0. The fraction of sp³-hybridized carbons (Fsp3) is 0.769. The van der Waals surface area contributed by atoms with Gasteiger partial charge in [0.1, 0.15) is 6.04 Å². The highest BCUT2D eigenvalue weighted by molar-refractivity contribution is 7.99. The first-order chi connectivity index (χ1) is 9.92. The average molecular weight is 317 g/mol. The summed E-state index contributed by atoms with van der Waals surface area (Å²) in [6, 6.07) is -1.53. The predicted molar refractivity (Wildman–Crippen MR) is 81.1 cm³/mol. The Balaban J connectivity index is 2.42. The van der Waals surface area contributed by atoms with Crippen molar-refractivity contribution in [1.82, 2.24) is 10.6 Å². The minimum atomic E-state index is -1.17. The van der Waals surface area contributed by atoms with Gasteiger partial charge in [0.2, 0.25) is 5.91 Å². The van der Waals surface area contributed by atoms with Crippen LogP contribution in [0.25, 0.3) is 0 Å². The van der Waals surface area contributed by atoms with Crippen LogP contribution in [0.5, 0.6) is 0 Å². The second kappa shape index (κ2) is 8.76. The van der Waals surface area contributed by atoms with Crippen LogP contribution in [0, 0.1) is 0 Å². The van der Waals surface area contributed by atoms with Crippen LogP contribution in [0.3, 0.4) is 0 Å². The molecule has 0 aromatic rings. The summed E-state index contributed by atoms with van der Waals surface area (Å²) in [5, 5.41) is 14.8. The van der Waals surface area contributed by atoms with Crippen molar-refractivity contribution in [3.8, 4) is 0 Å². The maximum absolute atomic E-state index is 11.9. The van der Waals surface area contributed by atoms with Crippen LogP contribution in [-0.2, 0) is 9.59 Å². The van der Waals surface area contributed by atoms with Crippen molar-refractivity contribution in [2.75, 3.05) is 6.26 Å². The Labute approximate surface area is 128 Å². The van der Waals surface area contributed by atoms with Crippen LogP contribution < -0.4 is 16.4 Å². The molecule has 0 radical (unpaired) electrons. The monoisotopic (exact) mass is 317 g/mol. The van der Waals surface area contributed by atoms with E-state index in [0.29, 0.717) is 5.25 Å². The maximum Gasteiger partial charge on any atom is 0.326 e. The second-order valence-electron chi connectivity index (χ2n) is 5.23. The SMILES string of the molecule is CSC1CCCC(NC(=O)N[C@H](CCC(N)=O)C(=O)O)C1. The number of hydrogen-bond donors (Lipinski definition) is 4.